The number of hydrogen-bond acceptors (Lipinski definition) is 2. The fraction of sp³-hybridized carbons (Fsp3) is 0.500. The van der Waals surface area contributed by atoms with E-state index in [1.54, 1.807) is 6.08 Å². The highest BCUT2D eigenvalue weighted by atomic mass is 127. The number of hydrogen-bond donors (Lipinski definition) is 2. The molecule has 128 valence electrons. The van der Waals surface area contributed by atoms with Gasteiger partial charge in [0.2, 0.25) is 0 Å². The first kappa shape index (κ1) is 19.8. The van der Waals surface area contributed by atoms with Crippen LogP contribution in [0.2, 0.25) is 0 Å². The Morgan fingerprint density at radius 1 is 1.35 bits per heavy atom. The van der Waals surface area contributed by atoms with Crippen molar-refractivity contribution in [3.8, 4) is 5.75 Å². The molecule has 0 bridgehead atoms. The predicted molar refractivity (Wildman–Crippen MR) is 108 cm³/mol. The minimum atomic E-state index is 0. The van der Waals surface area contributed by atoms with Gasteiger partial charge >= 0.3 is 0 Å². The number of para-hydroxylation sites is 1. The zero-order valence-electron chi connectivity index (χ0n) is 13.9. The summed E-state index contributed by atoms with van der Waals surface area (Å²) in [6, 6.07) is 8.59. The highest BCUT2D eigenvalue weighted by molar-refractivity contribution is 14.0. The quantitative estimate of drug-likeness (QED) is 0.300. The summed E-state index contributed by atoms with van der Waals surface area (Å²) in [4.78, 5) is 4.70. The van der Waals surface area contributed by atoms with E-state index in [2.05, 4.69) is 30.2 Å². The molecule has 0 atom stereocenters. The first-order valence-corrected chi connectivity index (χ1v) is 8.20. The minimum Gasteiger partial charge on any atom is -0.489 e. The number of ether oxygens (including phenoxy) is 1. The topological polar surface area (TPSA) is 45.6 Å². The molecule has 1 aromatic rings. The van der Waals surface area contributed by atoms with Gasteiger partial charge in [-0.25, -0.2) is 4.99 Å². The molecule has 5 heteroatoms. The van der Waals surface area contributed by atoms with E-state index in [1.165, 1.54) is 25.7 Å². The van der Waals surface area contributed by atoms with Gasteiger partial charge < -0.3 is 15.4 Å². The predicted octanol–water partition coefficient (Wildman–Crippen LogP) is 3.87. The first-order chi connectivity index (χ1) is 10.8. The molecule has 1 fully saturated rings. The summed E-state index contributed by atoms with van der Waals surface area (Å²) in [6.45, 7) is 7.77. The molecule has 0 radical (unpaired) electrons. The molecule has 1 aliphatic rings. The monoisotopic (exact) mass is 429 g/mol. The molecule has 0 amide bonds. The Kier molecular flexibility index (Phi) is 9.75. The molecule has 0 saturated heterocycles. The van der Waals surface area contributed by atoms with Gasteiger partial charge in [0.05, 0.1) is 6.54 Å². The maximum Gasteiger partial charge on any atom is 0.191 e. The molecule has 2 rings (SSSR count). The lowest BCUT2D eigenvalue weighted by Crippen LogP contribution is -2.42. The Hall–Kier alpha value is -1.24. The highest BCUT2D eigenvalue weighted by Gasteiger charge is 2.15. The normalized spacial score (nSPS) is 14.9. The van der Waals surface area contributed by atoms with E-state index >= 15 is 0 Å². The Morgan fingerprint density at radius 3 is 2.78 bits per heavy atom. The van der Waals surface area contributed by atoms with Gasteiger partial charge in [0, 0.05) is 18.2 Å². The van der Waals surface area contributed by atoms with Gasteiger partial charge in [-0.3, -0.25) is 0 Å². The van der Waals surface area contributed by atoms with E-state index in [9.17, 15) is 0 Å². The summed E-state index contributed by atoms with van der Waals surface area (Å²) in [5, 5.41) is 6.86. The van der Waals surface area contributed by atoms with Crippen molar-refractivity contribution in [2.45, 2.75) is 45.2 Å². The second-order valence-electron chi connectivity index (χ2n) is 5.53. The Bertz CT molecular complexity index is 499. The van der Waals surface area contributed by atoms with Crippen LogP contribution in [-0.2, 0) is 6.54 Å². The van der Waals surface area contributed by atoms with Gasteiger partial charge in [0.1, 0.15) is 12.4 Å². The largest absolute Gasteiger partial charge is 0.489 e. The molecule has 1 aliphatic carbocycles. The van der Waals surface area contributed by atoms with Crippen LogP contribution in [0.4, 0.5) is 0 Å². The average molecular weight is 429 g/mol. The maximum atomic E-state index is 5.68. The molecule has 1 saturated carbocycles. The summed E-state index contributed by atoms with van der Waals surface area (Å²) >= 11 is 0. The molecule has 0 unspecified atom stereocenters. The second kappa shape index (κ2) is 11.3. The van der Waals surface area contributed by atoms with Crippen LogP contribution in [0.25, 0.3) is 0 Å². The van der Waals surface area contributed by atoms with E-state index in [-0.39, 0.29) is 24.0 Å². The molecule has 0 spiro atoms. The molecule has 0 heterocycles. The molecule has 23 heavy (non-hydrogen) atoms. The van der Waals surface area contributed by atoms with Crippen molar-refractivity contribution in [3.05, 3.63) is 42.5 Å². The van der Waals surface area contributed by atoms with Crippen LogP contribution in [0, 0.1) is 0 Å². The number of halogens is 1. The number of rotatable bonds is 7. The van der Waals surface area contributed by atoms with Gasteiger partial charge in [-0.1, -0.05) is 43.7 Å². The summed E-state index contributed by atoms with van der Waals surface area (Å²) in [7, 11) is 0. The third-order valence-corrected chi connectivity index (χ3v) is 3.78. The van der Waals surface area contributed by atoms with Crippen molar-refractivity contribution in [1.29, 1.82) is 0 Å². The van der Waals surface area contributed by atoms with Crippen molar-refractivity contribution in [3.63, 3.8) is 0 Å². The van der Waals surface area contributed by atoms with E-state index in [4.69, 9.17) is 9.73 Å². The number of guanidine groups is 1. The molecule has 4 nitrogen and oxygen atoms in total. The van der Waals surface area contributed by atoms with Gasteiger partial charge in [-0.05, 0) is 25.8 Å². The Labute approximate surface area is 156 Å². The zero-order valence-corrected chi connectivity index (χ0v) is 16.2. The van der Waals surface area contributed by atoms with Gasteiger partial charge in [0.15, 0.2) is 5.96 Å². The van der Waals surface area contributed by atoms with E-state index < -0.39 is 0 Å². The van der Waals surface area contributed by atoms with E-state index in [1.807, 2.05) is 18.2 Å². The summed E-state index contributed by atoms with van der Waals surface area (Å²) in [6.07, 6.45) is 6.86. The van der Waals surface area contributed by atoms with Crippen molar-refractivity contribution >= 4 is 29.9 Å². The minimum absolute atomic E-state index is 0. The molecule has 1 aromatic carbocycles. The average Bonchev–Trinajstić information content (AvgIpc) is 3.04. The summed E-state index contributed by atoms with van der Waals surface area (Å²) in [5.41, 5.74) is 1.09. The smallest absolute Gasteiger partial charge is 0.191 e. The SMILES string of the molecule is C=CCOc1ccccc1CN=C(NCC)NC1CCCC1.I. The second-order valence-corrected chi connectivity index (χ2v) is 5.53. The van der Waals surface area contributed by atoms with Crippen LogP contribution in [-0.4, -0.2) is 25.2 Å². The van der Waals surface area contributed by atoms with Crippen molar-refractivity contribution in [1.82, 2.24) is 10.6 Å². The lowest BCUT2D eigenvalue weighted by atomic mass is 10.2. The summed E-state index contributed by atoms with van der Waals surface area (Å²) in [5.74, 6) is 1.77. The number of nitrogens with zero attached hydrogens (tertiary/aromatic N) is 1. The van der Waals surface area contributed by atoms with Crippen LogP contribution >= 0.6 is 24.0 Å². The molecular weight excluding hydrogens is 401 g/mol. The number of aliphatic imine (C=N–C) groups is 1. The van der Waals surface area contributed by atoms with E-state index in [0.29, 0.717) is 19.2 Å². The maximum absolute atomic E-state index is 5.68. The Morgan fingerprint density at radius 2 is 2.09 bits per heavy atom. The molecule has 2 N–H and O–H groups in total. The Balaban J connectivity index is 0.00000264. The van der Waals surface area contributed by atoms with Gasteiger partial charge in [-0.15, -0.1) is 24.0 Å². The standard InChI is InChI=1S/C18H27N3O.HI/c1-3-13-22-17-12-8-5-9-15(17)14-20-18(19-4-2)21-16-10-6-7-11-16;/h3,5,8-9,12,16H,1,4,6-7,10-11,13-14H2,2H3,(H2,19,20,21);1H. The third kappa shape index (κ3) is 6.81. The lowest BCUT2D eigenvalue weighted by molar-refractivity contribution is 0.359. The van der Waals surface area contributed by atoms with Crippen LogP contribution in [0.15, 0.2) is 41.9 Å². The first-order valence-electron chi connectivity index (χ1n) is 8.20. The van der Waals surface area contributed by atoms with Crippen LogP contribution in [0.1, 0.15) is 38.2 Å². The fourth-order valence-electron chi connectivity index (χ4n) is 2.67. The lowest BCUT2D eigenvalue weighted by Gasteiger charge is -2.17. The summed E-state index contributed by atoms with van der Waals surface area (Å²) < 4.78 is 5.68. The zero-order chi connectivity index (χ0) is 15.6. The van der Waals surface area contributed by atoms with Crippen molar-refractivity contribution in [2.75, 3.05) is 13.2 Å². The molecule has 0 aliphatic heterocycles. The highest BCUT2D eigenvalue weighted by Crippen LogP contribution is 2.19. The van der Waals surface area contributed by atoms with Crippen molar-refractivity contribution < 1.29 is 4.74 Å². The van der Waals surface area contributed by atoms with Crippen LogP contribution in [0.5, 0.6) is 5.75 Å². The van der Waals surface area contributed by atoms with Crippen molar-refractivity contribution in [2.24, 2.45) is 4.99 Å². The molecular formula is C18H28IN3O. The van der Waals surface area contributed by atoms with Crippen LogP contribution < -0.4 is 15.4 Å². The fourth-order valence-corrected chi connectivity index (χ4v) is 2.67. The molecule has 0 aromatic heterocycles. The van der Waals surface area contributed by atoms with Gasteiger partial charge in [-0.2, -0.15) is 0 Å². The van der Waals surface area contributed by atoms with Gasteiger partial charge in [0.25, 0.3) is 0 Å². The number of nitrogens with one attached hydrogen (secondary N) is 2. The van der Waals surface area contributed by atoms with E-state index in [0.717, 1.165) is 23.8 Å². The number of benzene rings is 1. The van der Waals surface area contributed by atoms with Crippen LogP contribution in [0.3, 0.4) is 0 Å². The third-order valence-electron chi connectivity index (χ3n) is 3.78.